The number of rotatable bonds is 5. The fourth-order valence-electron chi connectivity index (χ4n) is 2.47. The van der Waals surface area contributed by atoms with E-state index >= 15 is 0 Å². The summed E-state index contributed by atoms with van der Waals surface area (Å²) in [6.07, 6.45) is 2.72. The lowest BCUT2D eigenvalue weighted by Crippen LogP contribution is -2.26. The Bertz CT molecular complexity index is 598. The highest BCUT2D eigenvalue weighted by molar-refractivity contribution is 7.90. The molecule has 5 nitrogen and oxygen atoms in total. The van der Waals surface area contributed by atoms with E-state index < -0.39 is 9.84 Å². The number of nitrogens with zero attached hydrogens (tertiary/aromatic N) is 1. The first kappa shape index (κ1) is 14.8. The molecule has 0 aliphatic carbocycles. The third kappa shape index (κ3) is 3.96. The van der Waals surface area contributed by atoms with E-state index in [0.29, 0.717) is 6.42 Å². The normalized spacial score (nSPS) is 17.3. The van der Waals surface area contributed by atoms with Crippen LogP contribution in [0.25, 0.3) is 0 Å². The second-order valence-corrected chi connectivity index (χ2v) is 7.52. The van der Waals surface area contributed by atoms with Gasteiger partial charge in [0.05, 0.1) is 5.75 Å². The molecule has 1 unspecified atom stereocenters. The van der Waals surface area contributed by atoms with E-state index in [1.165, 1.54) is 6.26 Å². The van der Waals surface area contributed by atoms with Gasteiger partial charge in [0, 0.05) is 36.6 Å². The standard InChI is InChI=1S/C14H20N2O3S/c1-11(10-20(2,18)19)15-12-5-3-6-13(9-12)16-8-4-7-14(16)17/h3,5-6,9,11,15H,4,7-8,10H2,1-2H3. The van der Waals surface area contributed by atoms with Gasteiger partial charge in [0.15, 0.2) is 0 Å². The molecule has 1 saturated heterocycles. The highest BCUT2D eigenvalue weighted by Crippen LogP contribution is 2.24. The zero-order valence-electron chi connectivity index (χ0n) is 11.8. The Hall–Kier alpha value is -1.56. The number of amides is 1. The van der Waals surface area contributed by atoms with Crippen molar-refractivity contribution in [2.45, 2.75) is 25.8 Å². The minimum atomic E-state index is -3.01. The van der Waals surface area contributed by atoms with Crippen molar-refractivity contribution < 1.29 is 13.2 Å². The summed E-state index contributed by atoms with van der Waals surface area (Å²) in [5.74, 6) is 0.228. The van der Waals surface area contributed by atoms with Gasteiger partial charge in [0.1, 0.15) is 9.84 Å². The maximum absolute atomic E-state index is 11.7. The lowest BCUT2D eigenvalue weighted by atomic mass is 10.2. The van der Waals surface area contributed by atoms with Gasteiger partial charge in [-0.1, -0.05) is 6.07 Å². The zero-order valence-corrected chi connectivity index (χ0v) is 12.6. The van der Waals surface area contributed by atoms with Crippen LogP contribution < -0.4 is 10.2 Å². The van der Waals surface area contributed by atoms with Crippen LogP contribution in [0.15, 0.2) is 24.3 Å². The van der Waals surface area contributed by atoms with Crippen molar-refractivity contribution in [2.75, 3.05) is 28.8 Å². The molecule has 0 saturated carbocycles. The first-order chi connectivity index (χ1) is 9.35. The molecule has 1 aromatic carbocycles. The summed E-state index contributed by atoms with van der Waals surface area (Å²) in [5.41, 5.74) is 1.70. The minimum Gasteiger partial charge on any atom is -0.382 e. The van der Waals surface area contributed by atoms with E-state index in [0.717, 1.165) is 24.3 Å². The molecule has 1 heterocycles. The molecular weight excluding hydrogens is 276 g/mol. The van der Waals surface area contributed by atoms with E-state index in [2.05, 4.69) is 5.32 Å². The zero-order chi connectivity index (χ0) is 14.8. The highest BCUT2D eigenvalue weighted by atomic mass is 32.2. The van der Waals surface area contributed by atoms with E-state index in [1.54, 1.807) is 4.90 Å². The van der Waals surface area contributed by atoms with Crippen molar-refractivity contribution >= 4 is 27.1 Å². The minimum absolute atomic E-state index is 0.0832. The molecule has 1 amide bonds. The van der Waals surface area contributed by atoms with Crippen molar-refractivity contribution in [3.63, 3.8) is 0 Å². The van der Waals surface area contributed by atoms with Crippen molar-refractivity contribution in [1.29, 1.82) is 0 Å². The Morgan fingerprint density at radius 1 is 1.40 bits per heavy atom. The van der Waals surface area contributed by atoms with Crippen molar-refractivity contribution in [2.24, 2.45) is 0 Å². The monoisotopic (exact) mass is 296 g/mol. The maximum atomic E-state index is 11.7. The molecule has 1 aliphatic rings. The van der Waals surface area contributed by atoms with Crippen LogP contribution >= 0.6 is 0 Å². The summed E-state index contributed by atoms with van der Waals surface area (Å²) in [4.78, 5) is 13.5. The van der Waals surface area contributed by atoms with E-state index in [4.69, 9.17) is 0 Å². The summed E-state index contributed by atoms with van der Waals surface area (Å²) < 4.78 is 22.5. The van der Waals surface area contributed by atoms with Gasteiger partial charge in [-0.2, -0.15) is 0 Å². The summed E-state index contributed by atoms with van der Waals surface area (Å²) in [6.45, 7) is 2.58. The van der Waals surface area contributed by atoms with Gasteiger partial charge < -0.3 is 10.2 Å². The molecule has 1 aliphatic heterocycles. The topological polar surface area (TPSA) is 66.5 Å². The van der Waals surface area contributed by atoms with Crippen LogP contribution in [0.2, 0.25) is 0 Å². The number of benzene rings is 1. The molecule has 1 N–H and O–H groups in total. The molecule has 20 heavy (non-hydrogen) atoms. The van der Waals surface area contributed by atoms with E-state index in [-0.39, 0.29) is 17.7 Å². The van der Waals surface area contributed by atoms with E-state index in [1.807, 2.05) is 31.2 Å². The second-order valence-electron chi connectivity index (χ2n) is 5.34. The Kier molecular flexibility index (Phi) is 4.32. The number of sulfone groups is 1. The van der Waals surface area contributed by atoms with Gasteiger partial charge in [-0.3, -0.25) is 4.79 Å². The average molecular weight is 296 g/mol. The van der Waals surface area contributed by atoms with Crippen LogP contribution in [0.4, 0.5) is 11.4 Å². The smallest absolute Gasteiger partial charge is 0.227 e. The van der Waals surface area contributed by atoms with Gasteiger partial charge in [-0.05, 0) is 31.5 Å². The Balaban J connectivity index is 2.08. The van der Waals surface area contributed by atoms with Crippen LogP contribution in [0.3, 0.4) is 0 Å². The van der Waals surface area contributed by atoms with Crippen LogP contribution in [-0.4, -0.2) is 38.9 Å². The number of carbonyl (C=O) groups is 1. The first-order valence-corrected chi connectivity index (χ1v) is 8.76. The molecule has 1 atom stereocenters. The fourth-order valence-corrected chi connectivity index (χ4v) is 3.46. The predicted molar refractivity (Wildman–Crippen MR) is 80.8 cm³/mol. The van der Waals surface area contributed by atoms with Gasteiger partial charge in [-0.25, -0.2) is 8.42 Å². The summed E-state index contributed by atoms with van der Waals surface area (Å²) >= 11 is 0. The summed E-state index contributed by atoms with van der Waals surface area (Å²) in [6, 6.07) is 7.37. The molecule has 2 rings (SSSR count). The highest BCUT2D eigenvalue weighted by Gasteiger charge is 2.21. The third-order valence-corrected chi connectivity index (χ3v) is 4.30. The van der Waals surface area contributed by atoms with Crippen LogP contribution in [0.1, 0.15) is 19.8 Å². The van der Waals surface area contributed by atoms with Gasteiger partial charge in [0.25, 0.3) is 0 Å². The molecule has 0 spiro atoms. The third-order valence-electron chi connectivity index (χ3n) is 3.20. The fraction of sp³-hybridized carbons (Fsp3) is 0.500. The van der Waals surface area contributed by atoms with Crippen molar-refractivity contribution in [1.82, 2.24) is 0 Å². The van der Waals surface area contributed by atoms with E-state index in [9.17, 15) is 13.2 Å². The quantitative estimate of drug-likeness (QED) is 0.897. The van der Waals surface area contributed by atoms with Gasteiger partial charge >= 0.3 is 0 Å². The van der Waals surface area contributed by atoms with Crippen LogP contribution in [-0.2, 0) is 14.6 Å². The van der Waals surface area contributed by atoms with Crippen molar-refractivity contribution in [3.05, 3.63) is 24.3 Å². The van der Waals surface area contributed by atoms with Gasteiger partial charge in [0.2, 0.25) is 5.91 Å². The number of anilines is 2. The Morgan fingerprint density at radius 2 is 2.15 bits per heavy atom. The molecule has 1 fully saturated rings. The van der Waals surface area contributed by atoms with Crippen LogP contribution in [0.5, 0.6) is 0 Å². The SMILES string of the molecule is CC(CS(C)(=O)=O)Nc1cccc(N2CCCC2=O)c1. The largest absolute Gasteiger partial charge is 0.382 e. The Morgan fingerprint density at radius 3 is 2.75 bits per heavy atom. The maximum Gasteiger partial charge on any atom is 0.227 e. The molecule has 110 valence electrons. The molecular formula is C14H20N2O3S. The van der Waals surface area contributed by atoms with Crippen molar-refractivity contribution in [3.8, 4) is 0 Å². The summed E-state index contributed by atoms with van der Waals surface area (Å²) in [5, 5.41) is 3.16. The first-order valence-electron chi connectivity index (χ1n) is 6.70. The van der Waals surface area contributed by atoms with Crippen LogP contribution in [0, 0.1) is 0 Å². The second kappa shape index (κ2) is 5.83. The molecule has 0 bridgehead atoms. The number of hydrogen-bond donors (Lipinski definition) is 1. The molecule has 1 aromatic rings. The lowest BCUT2D eigenvalue weighted by Gasteiger charge is -2.19. The predicted octanol–water partition coefficient (Wildman–Crippen LogP) is 1.66. The number of carbonyl (C=O) groups excluding carboxylic acids is 1. The van der Waals surface area contributed by atoms with Gasteiger partial charge in [-0.15, -0.1) is 0 Å². The summed E-state index contributed by atoms with van der Waals surface area (Å²) in [7, 11) is -3.01. The number of nitrogens with one attached hydrogen (secondary N) is 1. The average Bonchev–Trinajstić information content (AvgIpc) is 2.73. The molecule has 0 radical (unpaired) electrons. The Labute approximate surface area is 119 Å². The number of hydrogen-bond acceptors (Lipinski definition) is 4. The lowest BCUT2D eigenvalue weighted by molar-refractivity contribution is -0.117. The molecule has 6 heteroatoms. The molecule has 0 aromatic heterocycles.